The lowest BCUT2D eigenvalue weighted by Crippen LogP contribution is -2.12. The lowest BCUT2D eigenvalue weighted by Gasteiger charge is -2.22. The molecule has 1 aromatic carbocycles. The van der Waals surface area contributed by atoms with E-state index in [1.807, 2.05) is 22.9 Å². The van der Waals surface area contributed by atoms with Crippen molar-refractivity contribution in [2.24, 2.45) is 0 Å². The van der Waals surface area contributed by atoms with Gasteiger partial charge in [-0.05, 0) is 39.7 Å². The van der Waals surface area contributed by atoms with Gasteiger partial charge in [0.1, 0.15) is 11.9 Å². The molecular weight excluding hydrogens is 312 g/mol. The standard InChI is InChI=1S/C14H13BrO2S/c15-12-8-18-7-11(12)13(16)10-5-1-3-9-4-2-6-17-14(9)10/h1,3,5,7-8,13,16H,2,4,6H2. The van der Waals surface area contributed by atoms with Gasteiger partial charge in [0.25, 0.3) is 0 Å². The third kappa shape index (κ3) is 2.09. The summed E-state index contributed by atoms with van der Waals surface area (Å²) < 4.78 is 6.69. The number of fused-ring (bicyclic) bond motifs is 1. The van der Waals surface area contributed by atoms with Gasteiger partial charge in [0, 0.05) is 21.0 Å². The Balaban J connectivity index is 2.04. The fourth-order valence-corrected chi connectivity index (χ4v) is 3.82. The normalized spacial score (nSPS) is 15.9. The van der Waals surface area contributed by atoms with Crippen LogP contribution in [-0.2, 0) is 6.42 Å². The summed E-state index contributed by atoms with van der Waals surface area (Å²) in [4.78, 5) is 0. The number of rotatable bonds is 2. The van der Waals surface area contributed by atoms with Gasteiger partial charge in [-0.3, -0.25) is 0 Å². The first-order chi connectivity index (χ1) is 8.77. The molecule has 1 aliphatic rings. The molecule has 0 radical (unpaired) electrons. The average Bonchev–Trinajstić information content (AvgIpc) is 2.83. The van der Waals surface area contributed by atoms with Crippen molar-refractivity contribution in [3.63, 3.8) is 0 Å². The first kappa shape index (κ1) is 12.2. The third-order valence-corrected chi connectivity index (χ3v) is 4.95. The Morgan fingerprint density at radius 3 is 2.94 bits per heavy atom. The smallest absolute Gasteiger partial charge is 0.128 e. The van der Waals surface area contributed by atoms with Crippen molar-refractivity contribution in [3.8, 4) is 5.75 Å². The van der Waals surface area contributed by atoms with Crippen LogP contribution >= 0.6 is 27.3 Å². The van der Waals surface area contributed by atoms with Gasteiger partial charge in [-0.2, -0.15) is 11.3 Å². The molecule has 4 heteroatoms. The maximum Gasteiger partial charge on any atom is 0.128 e. The topological polar surface area (TPSA) is 29.5 Å². The Morgan fingerprint density at radius 2 is 2.17 bits per heavy atom. The zero-order valence-electron chi connectivity index (χ0n) is 9.73. The molecule has 0 bridgehead atoms. The molecule has 1 N–H and O–H groups in total. The number of aryl methyl sites for hydroxylation is 1. The van der Waals surface area contributed by atoms with Crippen LogP contribution in [0.15, 0.2) is 33.4 Å². The summed E-state index contributed by atoms with van der Waals surface area (Å²) in [5.74, 6) is 0.870. The van der Waals surface area contributed by atoms with Crippen LogP contribution in [0.3, 0.4) is 0 Å². The fourth-order valence-electron chi connectivity index (χ4n) is 2.28. The van der Waals surface area contributed by atoms with Gasteiger partial charge in [-0.1, -0.05) is 18.2 Å². The summed E-state index contributed by atoms with van der Waals surface area (Å²) in [6, 6.07) is 6.01. The number of thiophene rings is 1. The molecule has 2 aromatic rings. The SMILES string of the molecule is OC(c1cscc1Br)c1cccc2c1OCCC2. The second-order valence-electron chi connectivity index (χ2n) is 4.37. The van der Waals surface area contributed by atoms with Crippen molar-refractivity contribution in [2.45, 2.75) is 18.9 Å². The van der Waals surface area contributed by atoms with E-state index in [1.165, 1.54) is 5.56 Å². The van der Waals surface area contributed by atoms with E-state index >= 15 is 0 Å². The number of hydrogen-bond donors (Lipinski definition) is 1. The molecule has 0 saturated heterocycles. The summed E-state index contributed by atoms with van der Waals surface area (Å²) in [6.07, 6.45) is 1.45. The van der Waals surface area contributed by atoms with Crippen LogP contribution < -0.4 is 4.74 Å². The van der Waals surface area contributed by atoms with E-state index in [4.69, 9.17) is 4.74 Å². The Hall–Kier alpha value is -0.840. The van der Waals surface area contributed by atoms with Gasteiger partial charge >= 0.3 is 0 Å². The minimum atomic E-state index is -0.626. The first-order valence-corrected chi connectivity index (χ1v) is 7.65. The zero-order chi connectivity index (χ0) is 12.5. The molecule has 3 rings (SSSR count). The Kier molecular flexibility index (Phi) is 3.41. The van der Waals surface area contributed by atoms with Crippen molar-refractivity contribution in [2.75, 3.05) is 6.61 Å². The van der Waals surface area contributed by atoms with Crippen molar-refractivity contribution in [1.82, 2.24) is 0 Å². The van der Waals surface area contributed by atoms with Crippen LogP contribution in [0.4, 0.5) is 0 Å². The highest BCUT2D eigenvalue weighted by Gasteiger charge is 2.22. The minimum absolute atomic E-state index is 0.626. The number of para-hydroxylation sites is 1. The highest BCUT2D eigenvalue weighted by atomic mass is 79.9. The summed E-state index contributed by atoms with van der Waals surface area (Å²) in [7, 11) is 0. The van der Waals surface area contributed by atoms with Crippen LogP contribution in [0.5, 0.6) is 5.75 Å². The molecule has 1 aromatic heterocycles. The third-order valence-electron chi connectivity index (χ3n) is 3.20. The van der Waals surface area contributed by atoms with E-state index in [-0.39, 0.29) is 0 Å². The molecule has 0 fully saturated rings. The Labute approximate surface area is 118 Å². The highest BCUT2D eigenvalue weighted by Crippen LogP contribution is 2.38. The largest absolute Gasteiger partial charge is 0.493 e. The molecule has 18 heavy (non-hydrogen) atoms. The van der Waals surface area contributed by atoms with Gasteiger partial charge in [-0.25, -0.2) is 0 Å². The number of aliphatic hydroxyl groups excluding tert-OH is 1. The lowest BCUT2D eigenvalue weighted by atomic mass is 9.97. The first-order valence-electron chi connectivity index (χ1n) is 5.91. The van der Waals surface area contributed by atoms with Crippen LogP contribution in [0.2, 0.25) is 0 Å². The van der Waals surface area contributed by atoms with E-state index in [2.05, 4.69) is 22.0 Å². The predicted octanol–water partition coefficient (Wildman–Crippen LogP) is 3.92. The molecule has 0 spiro atoms. The molecule has 2 nitrogen and oxygen atoms in total. The van der Waals surface area contributed by atoms with E-state index in [1.54, 1.807) is 11.3 Å². The van der Waals surface area contributed by atoms with Gasteiger partial charge in [0.15, 0.2) is 0 Å². The number of hydrogen-bond acceptors (Lipinski definition) is 3. The van der Waals surface area contributed by atoms with Crippen LogP contribution in [-0.4, -0.2) is 11.7 Å². The molecule has 94 valence electrons. The molecule has 0 aliphatic carbocycles. The number of aliphatic hydroxyl groups is 1. The minimum Gasteiger partial charge on any atom is -0.493 e. The second-order valence-corrected chi connectivity index (χ2v) is 5.96. The van der Waals surface area contributed by atoms with Crippen LogP contribution in [0.1, 0.15) is 29.2 Å². The van der Waals surface area contributed by atoms with Crippen molar-refractivity contribution < 1.29 is 9.84 Å². The maximum atomic E-state index is 10.5. The predicted molar refractivity (Wildman–Crippen MR) is 76.3 cm³/mol. The van der Waals surface area contributed by atoms with Gasteiger partial charge in [0.05, 0.1) is 6.61 Å². The summed E-state index contributed by atoms with van der Waals surface area (Å²) >= 11 is 5.05. The molecule has 1 unspecified atom stereocenters. The average molecular weight is 325 g/mol. The van der Waals surface area contributed by atoms with E-state index < -0.39 is 6.10 Å². The fraction of sp³-hybridized carbons (Fsp3) is 0.286. The number of benzene rings is 1. The van der Waals surface area contributed by atoms with Crippen LogP contribution in [0.25, 0.3) is 0 Å². The van der Waals surface area contributed by atoms with Crippen LogP contribution in [0, 0.1) is 0 Å². The quantitative estimate of drug-likeness (QED) is 0.907. The molecule has 2 heterocycles. The number of ether oxygens (including phenoxy) is 1. The van der Waals surface area contributed by atoms with E-state index in [0.717, 1.165) is 40.8 Å². The van der Waals surface area contributed by atoms with Gasteiger partial charge in [-0.15, -0.1) is 0 Å². The Morgan fingerprint density at radius 1 is 1.28 bits per heavy atom. The van der Waals surface area contributed by atoms with Gasteiger partial charge < -0.3 is 9.84 Å². The molecule has 0 amide bonds. The molecule has 1 aliphatic heterocycles. The summed E-state index contributed by atoms with van der Waals surface area (Å²) in [6.45, 7) is 0.738. The second kappa shape index (κ2) is 5.03. The van der Waals surface area contributed by atoms with E-state index in [9.17, 15) is 5.11 Å². The van der Waals surface area contributed by atoms with E-state index in [0.29, 0.717) is 0 Å². The lowest BCUT2D eigenvalue weighted by molar-refractivity contribution is 0.206. The molecule has 1 atom stereocenters. The zero-order valence-corrected chi connectivity index (χ0v) is 12.1. The van der Waals surface area contributed by atoms with Gasteiger partial charge in [0.2, 0.25) is 0 Å². The molecule has 0 saturated carbocycles. The van der Waals surface area contributed by atoms with Crippen molar-refractivity contribution >= 4 is 27.3 Å². The van der Waals surface area contributed by atoms with Crippen molar-refractivity contribution in [1.29, 1.82) is 0 Å². The monoisotopic (exact) mass is 324 g/mol. The summed E-state index contributed by atoms with van der Waals surface area (Å²) in [5.41, 5.74) is 2.97. The number of halogens is 1. The molecular formula is C14H13BrO2S. The highest BCUT2D eigenvalue weighted by molar-refractivity contribution is 9.10. The summed E-state index contributed by atoms with van der Waals surface area (Å²) in [5, 5.41) is 14.5. The van der Waals surface area contributed by atoms with Crippen molar-refractivity contribution in [3.05, 3.63) is 50.1 Å². The Bertz CT molecular complexity index is 565. The maximum absolute atomic E-state index is 10.5.